The first kappa shape index (κ1) is 21.7. The molecule has 1 aromatic carbocycles. The highest BCUT2D eigenvalue weighted by molar-refractivity contribution is 6.07. The minimum absolute atomic E-state index is 0.00669. The molecule has 0 radical (unpaired) electrons. The van der Waals surface area contributed by atoms with Crippen LogP contribution in [0.4, 0.5) is 16.0 Å². The van der Waals surface area contributed by atoms with Crippen molar-refractivity contribution in [2.45, 2.75) is 32.1 Å². The average molecular weight is 442 g/mol. The Hall–Kier alpha value is -3.57. The van der Waals surface area contributed by atoms with Gasteiger partial charge in [-0.2, -0.15) is 5.10 Å². The third kappa shape index (κ3) is 3.45. The van der Waals surface area contributed by atoms with E-state index in [1.165, 1.54) is 24.8 Å². The minimum atomic E-state index is -1.46. The second-order valence-electron chi connectivity index (χ2n) is 7.44. The highest BCUT2D eigenvalue weighted by atomic mass is 19.1. The molecule has 1 aliphatic heterocycles. The number of ether oxygens (including phenoxy) is 2. The predicted octanol–water partition coefficient (Wildman–Crippen LogP) is 1.68. The molecule has 2 unspecified atom stereocenters. The molecule has 3 heterocycles. The number of halogens is 1. The summed E-state index contributed by atoms with van der Waals surface area (Å²) in [7, 11) is 1.47. The molecule has 0 saturated heterocycles. The van der Waals surface area contributed by atoms with Crippen LogP contribution in [-0.4, -0.2) is 50.8 Å². The number of nitrogen functional groups attached to an aromatic ring is 1. The van der Waals surface area contributed by atoms with Gasteiger partial charge in [0, 0.05) is 18.2 Å². The van der Waals surface area contributed by atoms with Crippen molar-refractivity contribution in [3.8, 4) is 17.4 Å². The maximum atomic E-state index is 14.1. The van der Waals surface area contributed by atoms with Crippen LogP contribution >= 0.6 is 0 Å². The van der Waals surface area contributed by atoms with Gasteiger partial charge in [0.1, 0.15) is 28.6 Å². The topological polar surface area (TPSA) is 137 Å². The van der Waals surface area contributed by atoms with Gasteiger partial charge in [-0.3, -0.25) is 4.79 Å². The molecule has 4 N–H and O–H groups in total. The van der Waals surface area contributed by atoms with Gasteiger partial charge in [0.25, 0.3) is 0 Å². The van der Waals surface area contributed by atoms with Gasteiger partial charge in [0.2, 0.25) is 11.8 Å². The van der Waals surface area contributed by atoms with Crippen LogP contribution in [0.5, 0.6) is 5.88 Å². The van der Waals surface area contributed by atoms with Crippen molar-refractivity contribution in [1.82, 2.24) is 19.7 Å². The van der Waals surface area contributed by atoms with Crippen LogP contribution in [0.25, 0.3) is 11.5 Å². The van der Waals surface area contributed by atoms with Crippen LogP contribution in [0, 0.1) is 5.82 Å². The monoisotopic (exact) mass is 442 g/mol. The Morgan fingerprint density at radius 1 is 1.34 bits per heavy atom. The minimum Gasteiger partial charge on any atom is -0.481 e. The first-order valence-corrected chi connectivity index (χ1v) is 9.94. The number of methoxy groups -OCH3 is 1. The Balaban J connectivity index is 1.73. The standard InChI is InChI=1S/C21H23FN6O4/c1-4-32-20(30)21(2)15-16(23)24-17(25-18(15)26-19(21)29)13-9-14(31-3)28(27-13)10-11-7-5-6-8-12(11)22/h5-9,20,30H,4,10H2,1-3H3,(H3,23,24,25,26,29). The lowest BCUT2D eigenvalue weighted by molar-refractivity contribution is -0.155. The molecule has 1 aliphatic rings. The maximum absolute atomic E-state index is 14.1. The fourth-order valence-corrected chi connectivity index (χ4v) is 3.68. The highest BCUT2D eigenvalue weighted by Crippen LogP contribution is 2.43. The maximum Gasteiger partial charge on any atom is 0.241 e. The number of carbonyl (C=O) groups excluding carboxylic acids is 1. The Labute approximate surface area is 183 Å². The molecule has 3 aromatic rings. The molecule has 2 aromatic heterocycles. The third-order valence-electron chi connectivity index (χ3n) is 5.44. The Kier molecular flexibility index (Phi) is 5.53. The summed E-state index contributed by atoms with van der Waals surface area (Å²) < 4.78 is 26.2. The van der Waals surface area contributed by atoms with Crippen LogP contribution in [0.2, 0.25) is 0 Å². The molecular formula is C21H23FN6O4. The first-order valence-electron chi connectivity index (χ1n) is 9.94. The van der Waals surface area contributed by atoms with E-state index in [-0.39, 0.29) is 42.0 Å². The van der Waals surface area contributed by atoms with E-state index in [4.69, 9.17) is 15.2 Å². The van der Waals surface area contributed by atoms with E-state index in [0.29, 0.717) is 17.1 Å². The van der Waals surface area contributed by atoms with E-state index in [1.807, 2.05) is 0 Å². The summed E-state index contributed by atoms with van der Waals surface area (Å²) in [5.74, 6) is -0.184. The van der Waals surface area contributed by atoms with E-state index in [0.717, 1.165) is 0 Å². The van der Waals surface area contributed by atoms with E-state index >= 15 is 0 Å². The van der Waals surface area contributed by atoms with E-state index < -0.39 is 17.6 Å². The number of amides is 1. The van der Waals surface area contributed by atoms with Crippen molar-refractivity contribution in [2.75, 3.05) is 24.8 Å². The van der Waals surface area contributed by atoms with Crippen molar-refractivity contribution in [2.24, 2.45) is 0 Å². The number of anilines is 2. The van der Waals surface area contributed by atoms with Gasteiger partial charge in [-0.1, -0.05) is 18.2 Å². The molecule has 0 aliphatic carbocycles. The van der Waals surface area contributed by atoms with Crippen LogP contribution in [0.3, 0.4) is 0 Å². The smallest absolute Gasteiger partial charge is 0.241 e. The Bertz CT molecular complexity index is 1180. The summed E-state index contributed by atoms with van der Waals surface area (Å²) in [6, 6.07) is 7.95. The number of fused-ring (bicyclic) bond motifs is 1. The van der Waals surface area contributed by atoms with Crippen LogP contribution in [0.15, 0.2) is 30.3 Å². The average Bonchev–Trinajstić information content (AvgIpc) is 3.29. The number of aliphatic hydroxyl groups excluding tert-OH is 1. The third-order valence-corrected chi connectivity index (χ3v) is 5.44. The van der Waals surface area contributed by atoms with Crippen molar-refractivity contribution in [3.05, 3.63) is 47.3 Å². The SMILES string of the molecule is CCOC(O)C1(C)C(=O)Nc2nc(-c3cc(OC)n(Cc4ccccc4F)n3)nc(N)c21. The van der Waals surface area contributed by atoms with Gasteiger partial charge in [-0.05, 0) is 19.9 Å². The number of hydrogen-bond donors (Lipinski definition) is 3. The zero-order chi connectivity index (χ0) is 23.0. The molecule has 2 atom stereocenters. The normalized spacial score (nSPS) is 18.3. The molecule has 4 rings (SSSR count). The van der Waals surface area contributed by atoms with Crippen molar-refractivity contribution in [1.29, 1.82) is 0 Å². The lowest BCUT2D eigenvalue weighted by atomic mass is 9.83. The highest BCUT2D eigenvalue weighted by Gasteiger charge is 2.52. The zero-order valence-electron chi connectivity index (χ0n) is 17.8. The number of nitrogens with one attached hydrogen (secondary N) is 1. The molecule has 32 heavy (non-hydrogen) atoms. The number of nitrogens with two attached hydrogens (primary N) is 1. The van der Waals surface area contributed by atoms with Gasteiger partial charge >= 0.3 is 0 Å². The number of benzene rings is 1. The Morgan fingerprint density at radius 3 is 2.78 bits per heavy atom. The molecule has 1 amide bonds. The number of aromatic nitrogens is 4. The van der Waals surface area contributed by atoms with Crippen molar-refractivity contribution in [3.63, 3.8) is 0 Å². The molecule has 168 valence electrons. The molecule has 10 nitrogen and oxygen atoms in total. The lowest BCUT2D eigenvalue weighted by Gasteiger charge is -2.28. The molecule has 0 fully saturated rings. The number of hydrogen-bond acceptors (Lipinski definition) is 8. The first-order chi connectivity index (χ1) is 15.3. The molecule has 0 spiro atoms. The largest absolute Gasteiger partial charge is 0.481 e. The van der Waals surface area contributed by atoms with Crippen LogP contribution in [0.1, 0.15) is 25.0 Å². The van der Waals surface area contributed by atoms with Gasteiger partial charge in [0.05, 0.1) is 19.2 Å². The summed E-state index contributed by atoms with van der Waals surface area (Å²) in [5, 5.41) is 17.5. The van der Waals surface area contributed by atoms with E-state index in [2.05, 4.69) is 20.4 Å². The second-order valence-corrected chi connectivity index (χ2v) is 7.44. The number of rotatable bonds is 7. The van der Waals surface area contributed by atoms with Crippen LogP contribution in [-0.2, 0) is 21.5 Å². The summed E-state index contributed by atoms with van der Waals surface area (Å²) in [6.45, 7) is 3.55. The zero-order valence-corrected chi connectivity index (χ0v) is 17.8. The summed E-state index contributed by atoms with van der Waals surface area (Å²) in [6.07, 6.45) is -1.43. The fraction of sp³-hybridized carbons (Fsp3) is 0.333. The predicted molar refractivity (Wildman–Crippen MR) is 113 cm³/mol. The molecule has 11 heteroatoms. The van der Waals surface area contributed by atoms with E-state index in [1.54, 1.807) is 31.2 Å². The van der Waals surface area contributed by atoms with E-state index in [9.17, 15) is 14.3 Å². The molecule has 0 saturated carbocycles. The van der Waals surface area contributed by atoms with Crippen LogP contribution < -0.4 is 15.8 Å². The molecular weight excluding hydrogens is 419 g/mol. The van der Waals surface area contributed by atoms with Gasteiger partial charge in [-0.15, -0.1) is 0 Å². The fourth-order valence-electron chi connectivity index (χ4n) is 3.68. The van der Waals surface area contributed by atoms with Crippen molar-refractivity contribution < 1.29 is 23.8 Å². The summed E-state index contributed by atoms with van der Waals surface area (Å²) in [4.78, 5) is 21.4. The van der Waals surface area contributed by atoms with Gasteiger partial charge < -0.3 is 25.6 Å². The van der Waals surface area contributed by atoms with Gasteiger partial charge in [0.15, 0.2) is 12.1 Å². The second kappa shape index (κ2) is 8.17. The quantitative estimate of drug-likeness (QED) is 0.470. The number of nitrogens with zero attached hydrogens (tertiary/aromatic N) is 4. The molecule has 0 bridgehead atoms. The van der Waals surface area contributed by atoms with Crippen molar-refractivity contribution >= 4 is 17.5 Å². The van der Waals surface area contributed by atoms with Gasteiger partial charge in [-0.25, -0.2) is 19.0 Å². The lowest BCUT2D eigenvalue weighted by Crippen LogP contribution is -2.44. The number of aliphatic hydroxyl groups is 1. The summed E-state index contributed by atoms with van der Waals surface area (Å²) in [5.41, 5.74) is 5.72. The number of carbonyl (C=O) groups is 1. The Morgan fingerprint density at radius 2 is 2.09 bits per heavy atom. The summed E-state index contributed by atoms with van der Waals surface area (Å²) >= 11 is 0.